The van der Waals surface area contributed by atoms with Gasteiger partial charge in [0.2, 0.25) is 0 Å². The lowest BCUT2D eigenvalue weighted by molar-refractivity contribution is 0.0950. The summed E-state index contributed by atoms with van der Waals surface area (Å²) >= 11 is 0. The molecule has 2 aliphatic heterocycles. The molecule has 0 radical (unpaired) electrons. The summed E-state index contributed by atoms with van der Waals surface area (Å²) in [5.41, 5.74) is 0.391. The Morgan fingerprint density at radius 3 is 2.91 bits per heavy atom. The predicted octanol–water partition coefficient (Wildman–Crippen LogP) is 1.15. The molecule has 0 aromatic carbocycles. The molecule has 6 nitrogen and oxygen atoms in total. The fourth-order valence-corrected chi connectivity index (χ4v) is 3.72. The molecule has 3 heterocycles. The third-order valence-corrected chi connectivity index (χ3v) is 4.79. The Morgan fingerprint density at radius 2 is 2.18 bits per heavy atom. The molecule has 22 heavy (non-hydrogen) atoms. The maximum Gasteiger partial charge on any atom is 0.271 e. The Morgan fingerprint density at radius 1 is 1.32 bits per heavy atom. The molecule has 1 N–H and O–H groups in total. The monoisotopic (exact) mass is 303 g/mol. The molecule has 1 aromatic heterocycles. The number of hydrogen-bond acceptors (Lipinski definition) is 5. The number of nitrogens with zero attached hydrogens (tertiary/aromatic N) is 4. The lowest BCUT2D eigenvalue weighted by atomic mass is 9.84. The van der Waals surface area contributed by atoms with Crippen LogP contribution in [0.5, 0.6) is 0 Å². The number of aromatic nitrogens is 2. The average Bonchev–Trinajstić information content (AvgIpc) is 2.54. The highest BCUT2D eigenvalue weighted by Crippen LogP contribution is 2.32. The zero-order valence-corrected chi connectivity index (χ0v) is 13.5. The van der Waals surface area contributed by atoms with Crippen LogP contribution in [0.3, 0.4) is 0 Å². The molecule has 1 aromatic rings. The predicted molar refractivity (Wildman–Crippen MR) is 86.0 cm³/mol. The van der Waals surface area contributed by atoms with Gasteiger partial charge in [0, 0.05) is 25.7 Å². The second-order valence-corrected chi connectivity index (χ2v) is 6.35. The van der Waals surface area contributed by atoms with Gasteiger partial charge >= 0.3 is 0 Å². The molecular formula is C16H25N5O. The van der Waals surface area contributed by atoms with Gasteiger partial charge in [-0.3, -0.25) is 4.79 Å². The van der Waals surface area contributed by atoms with E-state index in [-0.39, 0.29) is 5.91 Å². The average molecular weight is 303 g/mol. The smallest absolute Gasteiger partial charge is 0.271 e. The maximum atomic E-state index is 11.8. The Balaban J connectivity index is 1.74. The van der Waals surface area contributed by atoms with Crippen molar-refractivity contribution >= 4 is 11.7 Å². The molecule has 0 aliphatic carbocycles. The summed E-state index contributed by atoms with van der Waals surface area (Å²) in [4.78, 5) is 16.6. The van der Waals surface area contributed by atoms with Crippen LogP contribution in [-0.4, -0.2) is 60.3 Å². The van der Waals surface area contributed by atoms with E-state index in [2.05, 4.69) is 32.4 Å². The summed E-state index contributed by atoms with van der Waals surface area (Å²) in [5.74, 6) is 1.47. The van der Waals surface area contributed by atoms with Gasteiger partial charge in [-0.15, -0.1) is 10.2 Å². The van der Waals surface area contributed by atoms with Gasteiger partial charge < -0.3 is 15.1 Å². The van der Waals surface area contributed by atoms with Gasteiger partial charge in [-0.2, -0.15) is 0 Å². The number of likely N-dealkylation sites (tertiary alicyclic amines) is 1. The number of carbonyl (C=O) groups excluding carboxylic acids is 1. The lowest BCUT2D eigenvalue weighted by Gasteiger charge is -2.46. The maximum absolute atomic E-state index is 11.8. The third kappa shape index (κ3) is 3.06. The number of amides is 1. The van der Waals surface area contributed by atoms with Crippen molar-refractivity contribution in [3.8, 4) is 0 Å². The van der Waals surface area contributed by atoms with Crippen molar-refractivity contribution in [1.29, 1.82) is 0 Å². The van der Waals surface area contributed by atoms with E-state index in [9.17, 15) is 4.79 Å². The Kier molecular flexibility index (Phi) is 4.57. The SMILES string of the molecule is CCNC(=O)c1ccc(N2CCCC3CN(C)CCC32)nn1. The van der Waals surface area contributed by atoms with Crippen LogP contribution in [0.4, 0.5) is 5.82 Å². The summed E-state index contributed by atoms with van der Waals surface area (Å²) in [5, 5.41) is 11.2. The normalized spacial score (nSPS) is 25.6. The molecule has 2 unspecified atom stereocenters. The van der Waals surface area contributed by atoms with Crippen LogP contribution in [0, 0.1) is 5.92 Å². The zero-order chi connectivity index (χ0) is 15.5. The van der Waals surface area contributed by atoms with E-state index < -0.39 is 0 Å². The van der Waals surface area contributed by atoms with Crippen LogP contribution in [0.2, 0.25) is 0 Å². The number of anilines is 1. The highest BCUT2D eigenvalue weighted by Gasteiger charge is 2.35. The first-order valence-electron chi connectivity index (χ1n) is 8.26. The quantitative estimate of drug-likeness (QED) is 0.907. The van der Waals surface area contributed by atoms with Crippen molar-refractivity contribution < 1.29 is 4.79 Å². The highest BCUT2D eigenvalue weighted by molar-refractivity contribution is 5.92. The van der Waals surface area contributed by atoms with Crippen molar-refractivity contribution in [2.45, 2.75) is 32.2 Å². The lowest BCUT2D eigenvalue weighted by Crippen LogP contribution is -2.53. The zero-order valence-electron chi connectivity index (χ0n) is 13.5. The molecule has 2 aliphatic rings. The molecule has 2 saturated heterocycles. The Bertz CT molecular complexity index is 518. The standard InChI is InChI=1S/C16H25N5O/c1-3-17-16(22)13-6-7-15(19-18-13)21-9-4-5-12-11-20(2)10-8-14(12)21/h6-7,12,14H,3-5,8-11H2,1-2H3,(H,17,22). The second kappa shape index (κ2) is 6.60. The van der Waals surface area contributed by atoms with Gasteiger partial charge in [-0.1, -0.05) is 0 Å². The van der Waals surface area contributed by atoms with E-state index >= 15 is 0 Å². The number of carbonyl (C=O) groups is 1. The minimum absolute atomic E-state index is 0.155. The minimum Gasteiger partial charge on any atom is -0.352 e. The molecule has 3 rings (SSSR count). The molecule has 1 amide bonds. The molecule has 0 saturated carbocycles. The van der Waals surface area contributed by atoms with E-state index in [1.54, 1.807) is 6.07 Å². The van der Waals surface area contributed by atoms with E-state index in [0.717, 1.165) is 24.8 Å². The molecule has 0 bridgehead atoms. The van der Waals surface area contributed by atoms with E-state index in [0.29, 0.717) is 18.3 Å². The summed E-state index contributed by atoms with van der Waals surface area (Å²) in [6, 6.07) is 4.29. The van der Waals surface area contributed by atoms with Gasteiger partial charge in [-0.25, -0.2) is 0 Å². The van der Waals surface area contributed by atoms with E-state index in [1.165, 1.54) is 25.8 Å². The van der Waals surface area contributed by atoms with E-state index in [1.807, 2.05) is 13.0 Å². The van der Waals surface area contributed by atoms with Gasteiger partial charge in [0.15, 0.2) is 11.5 Å². The third-order valence-electron chi connectivity index (χ3n) is 4.79. The Labute approximate surface area is 131 Å². The number of nitrogens with one attached hydrogen (secondary N) is 1. The minimum atomic E-state index is -0.155. The fourth-order valence-electron chi connectivity index (χ4n) is 3.72. The largest absolute Gasteiger partial charge is 0.352 e. The topological polar surface area (TPSA) is 61.4 Å². The summed E-state index contributed by atoms with van der Waals surface area (Å²) in [7, 11) is 2.20. The van der Waals surface area contributed by atoms with Gasteiger partial charge in [0.05, 0.1) is 0 Å². The van der Waals surface area contributed by atoms with Gasteiger partial charge in [-0.05, 0) is 57.8 Å². The number of fused-ring (bicyclic) bond motifs is 1. The van der Waals surface area contributed by atoms with Crippen molar-refractivity contribution in [3.05, 3.63) is 17.8 Å². The summed E-state index contributed by atoms with van der Waals surface area (Å²) < 4.78 is 0. The van der Waals surface area contributed by atoms with Crippen molar-refractivity contribution in [2.24, 2.45) is 5.92 Å². The molecule has 6 heteroatoms. The number of rotatable bonds is 3. The first-order chi connectivity index (χ1) is 10.7. The number of hydrogen-bond donors (Lipinski definition) is 1. The fraction of sp³-hybridized carbons (Fsp3) is 0.688. The molecule has 2 fully saturated rings. The molecule has 2 atom stereocenters. The highest BCUT2D eigenvalue weighted by atomic mass is 16.1. The first-order valence-corrected chi connectivity index (χ1v) is 8.26. The van der Waals surface area contributed by atoms with Crippen LogP contribution in [0.15, 0.2) is 12.1 Å². The van der Waals surface area contributed by atoms with Crippen LogP contribution in [0.25, 0.3) is 0 Å². The molecule has 120 valence electrons. The van der Waals surface area contributed by atoms with Crippen LogP contribution in [0.1, 0.15) is 36.7 Å². The van der Waals surface area contributed by atoms with Crippen molar-refractivity contribution in [1.82, 2.24) is 20.4 Å². The van der Waals surface area contributed by atoms with Crippen LogP contribution < -0.4 is 10.2 Å². The van der Waals surface area contributed by atoms with Crippen LogP contribution in [-0.2, 0) is 0 Å². The van der Waals surface area contributed by atoms with Crippen LogP contribution >= 0.6 is 0 Å². The molecule has 0 spiro atoms. The van der Waals surface area contributed by atoms with E-state index in [4.69, 9.17) is 0 Å². The van der Waals surface area contributed by atoms with Crippen molar-refractivity contribution in [2.75, 3.05) is 38.1 Å². The number of piperidine rings is 2. The van der Waals surface area contributed by atoms with Gasteiger partial charge in [0.25, 0.3) is 5.91 Å². The summed E-state index contributed by atoms with van der Waals surface area (Å²) in [6.45, 7) is 5.85. The summed E-state index contributed by atoms with van der Waals surface area (Å²) in [6.07, 6.45) is 3.69. The Hall–Kier alpha value is -1.69. The first kappa shape index (κ1) is 15.2. The van der Waals surface area contributed by atoms with Gasteiger partial charge in [0.1, 0.15) is 0 Å². The second-order valence-electron chi connectivity index (χ2n) is 6.35. The molecular weight excluding hydrogens is 278 g/mol. The van der Waals surface area contributed by atoms with Crippen molar-refractivity contribution in [3.63, 3.8) is 0 Å².